The second-order valence-corrected chi connectivity index (χ2v) is 10.8. The van der Waals surface area contributed by atoms with Gasteiger partial charge in [-0.1, -0.05) is 79.6 Å². The molecule has 0 bridgehead atoms. The monoisotopic (exact) mass is 545 g/mol. The Balaban J connectivity index is 1.34. The van der Waals surface area contributed by atoms with Gasteiger partial charge in [-0.3, -0.25) is 9.69 Å². The molecular weight excluding hydrogens is 509 g/mol. The van der Waals surface area contributed by atoms with E-state index in [9.17, 15) is 9.59 Å². The number of hydrogen-bond acceptors (Lipinski definition) is 5. The molecule has 0 spiro atoms. The van der Waals surface area contributed by atoms with E-state index in [1.165, 1.54) is 30.9 Å². The van der Waals surface area contributed by atoms with Gasteiger partial charge in [0.1, 0.15) is 18.5 Å². The molecule has 1 aliphatic heterocycles. The number of rotatable bonds is 10. The molecule has 7 nitrogen and oxygen atoms in total. The number of carbonyl (C=O) groups excluding carboxylic acids is 2. The maximum atomic E-state index is 15.1. The van der Waals surface area contributed by atoms with Gasteiger partial charge in [0.2, 0.25) is 5.91 Å². The SMILES string of the molecule is CO[C@@H]1C[C@H](C(=O)Nc2cc(C(N)(CCC3CC3)c3ccccc3)ccc2F)N(C(=O)OCc2ccccc2)C1. The van der Waals surface area contributed by atoms with E-state index in [4.69, 9.17) is 15.2 Å². The highest BCUT2D eigenvalue weighted by atomic mass is 19.1. The Morgan fingerprint density at radius 3 is 2.40 bits per heavy atom. The van der Waals surface area contributed by atoms with Gasteiger partial charge < -0.3 is 20.5 Å². The molecule has 1 saturated carbocycles. The van der Waals surface area contributed by atoms with Crippen molar-refractivity contribution in [3.05, 3.63) is 101 Å². The van der Waals surface area contributed by atoms with Crippen LogP contribution in [0.5, 0.6) is 0 Å². The second-order valence-electron chi connectivity index (χ2n) is 10.8. The standard InChI is InChI=1S/C32H36FN3O4/c1-39-26-19-29(36(20-26)31(38)40-21-23-8-4-2-5-9-23)30(37)35-28-18-25(14-15-27(28)33)32(34,17-16-22-12-13-22)24-10-6-3-7-11-24/h2-11,14-15,18,22,26,29H,12-13,16-17,19-21,34H2,1H3,(H,35,37)/t26-,29-,32?/m1/s1. The Kier molecular flexibility index (Phi) is 8.47. The number of carbonyl (C=O) groups is 2. The Hall–Kier alpha value is -3.75. The van der Waals surface area contributed by atoms with E-state index in [-0.39, 0.29) is 31.4 Å². The fraction of sp³-hybridized carbons (Fsp3) is 0.375. The summed E-state index contributed by atoms with van der Waals surface area (Å²) >= 11 is 0. The fourth-order valence-electron chi connectivity index (χ4n) is 5.36. The molecule has 1 unspecified atom stereocenters. The van der Waals surface area contributed by atoms with Gasteiger partial charge in [0.15, 0.2) is 0 Å². The first kappa shape index (κ1) is 27.8. The Bertz CT molecular complexity index is 1320. The third-order valence-electron chi connectivity index (χ3n) is 8.01. The summed E-state index contributed by atoms with van der Waals surface area (Å²) in [6.45, 7) is 0.281. The van der Waals surface area contributed by atoms with E-state index in [1.807, 2.05) is 60.7 Å². The van der Waals surface area contributed by atoms with E-state index >= 15 is 4.39 Å². The molecule has 0 radical (unpaired) electrons. The van der Waals surface area contributed by atoms with Crippen molar-refractivity contribution in [1.29, 1.82) is 0 Å². The van der Waals surface area contributed by atoms with Crippen LogP contribution in [-0.2, 0) is 26.4 Å². The van der Waals surface area contributed by atoms with Gasteiger partial charge in [-0.2, -0.15) is 0 Å². The maximum Gasteiger partial charge on any atom is 0.410 e. The van der Waals surface area contributed by atoms with Crippen LogP contribution in [0.1, 0.15) is 48.8 Å². The number of ether oxygens (including phenoxy) is 2. The number of nitrogens with two attached hydrogens (primary N) is 1. The van der Waals surface area contributed by atoms with Crippen molar-refractivity contribution in [3.63, 3.8) is 0 Å². The Morgan fingerprint density at radius 2 is 1.73 bits per heavy atom. The number of benzene rings is 3. The number of nitrogens with one attached hydrogen (secondary N) is 1. The largest absolute Gasteiger partial charge is 0.445 e. The van der Waals surface area contributed by atoms with Crippen LogP contribution in [0.25, 0.3) is 0 Å². The molecule has 2 aliphatic rings. The van der Waals surface area contributed by atoms with Crippen molar-refractivity contribution >= 4 is 17.7 Å². The summed E-state index contributed by atoms with van der Waals surface area (Å²) in [5.74, 6) is -0.406. The number of anilines is 1. The number of hydrogen-bond donors (Lipinski definition) is 2. The summed E-state index contributed by atoms with van der Waals surface area (Å²) in [5, 5.41) is 2.72. The molecule has 0 aromatic heterocycles. The lowest BCUT2D eigenvalue weighted by molar-refractivity contribution is -0.120. The zero-order valence-corrected chi connectivity index (χ0v) is 22.7. The second kappa shape index (κ2) is 12.2. The summed E-state index contributed by atoms with van der Waals surface area (Å²) in [6, 6.07) is 22.9. The van der Waals surface area contributed by atoms with E-state index in [0.29, 0.717) is 12.3 Å². The number of halogens is 1. The molecule has 8 heteroatoms. The summed E-state index contributed by atoms with van der Waals surface area (Å²) in [5.41, 5.74) is 8.73. The summed E-state index contributed by atoms with van der Waals surface area (Å²) in [6.07, 6.45) is 3.42. The molecule has 40 heavy (non-hydrogen) atoms. The topological polar surface area (TPSA) is 93.9 Å². The van der Waals surface area contributed by atoms with Gasteiger partial charge >= 0.3 is 6.09 Å². The number of likely N-dealkylation sites (tertiary alicyclic amines) is 1. The first-order valence-electron chi connectivity index (χ1n) is 13.8. The molecule has 3 atom stereocenters. The van der Waals surface area contributed by atoms with Gasteiger partial charge in [0.25, 0.3) is 0 Å². The van der Waals surface area contributed by atoms with Gasteiger partial charge in [0.05, 0.1) is 23.9 Å². The predicted molar refractivity (Wildman–Crippen MR) is 151 cm³/mol. The van der Waals surface area contributed by atoms with Gasteiger partial charge in [-0.15, -0.1) is 0 Å². The lowest BCUT2D eigenvalue weighted by atomic mass is 9.79. The quantitative estimate of drug-likeness (QED) is 0.347. The molecule has 2 fully saturated rings. The zero-order valence-electron chi connectivity index (χ0n) is 22.7. The van der Waals surface area contributed by atoms with Crippen LogP contribution < -0.4 is 11.1 Å². The summed E-state index contributed by atoms with van der Waals surface area (Å²) in [4.78, 5) is 27.8. The summed E-state index contributed by atoms with van der Waals surface area (Å²) < 4.78 is 26.0. The van der Waals surface area contributed by atoms with Crippen molar-refractivity contribution in [1.82, 2.24) is 4.90 Å². The van der Waals surface area contributed by atoms with Crippen molar-refractivity contribution in [2.24, 2.45) is 11.7 Å². The van der Waals surface area contributed by atoms with Crippen LogP contribution >= 0.6 is 0 Å². The molecular formula is C32H36FN3O4. The highest BCUT2D eigenvalue weighted by molar-refractivity contribution is 5.97. The van der Waals surface area contributed by atoms with E-state index in [2.05, 4.69) is 5.32 Å². The van der Waals surface area contributed by atoms with Crippen LogP contribution in [-0.4, -0.2) is 42.7 Å². The molecule has 2 amide bonds. The predicted octanol–water partition coefficient (Wildman–Crippen LogP) is 5.58. The summed E-state index contributed by atoms with van der Waals surface area (Å²) in [7, 11) is 1.54. The molecule has 3 aromatic carbocycles. The van der Waals surface area contributed by atoms with Gasteiger partial charge in [-0.05, 0) is 47.6 Å². The van der Waals surface area contributed by atoms with Gasteiger partial charge in [-0.25, -0.2) is 9.18 Å². The van der Waals surface area contributed by atoms with Crippen LogP contribution in [0.3, 0.4) is 0 Å². The van der Waals surface area contributed by atoms with E-state index in [0.717, 1.165) is 23.1 Å². The first-order valence-corrected chi connectivity index (χ1v) is 13.8. The first-order chi connectivity index (χ1) is 19.4. The maximum absolute atomic E-state index is 15.1. The average molecular weight is 546 g/mol. The molecule has 3 aromatic rings. The minimum absolute atomic E-state index is 0.0261. The van der Waals surface area contributed by atoms with Crippen molar-refractivity contribution in [3.8, 4) is 0 Å². The van der Waals surface area contributed by atoms with Gasteiger partial charge in [0, 0.05) is 13.5 Å². The van der Waals surface area contributed by atoms with Crippen molar-refractivity contribution < 1.29 is 23.5 Å². The van der Waals surface area contributed by atoms with Crippen LogP contribution in [0.4, 0.5) is 14.9 Å². The number of amides is 2. The van der Waals surface area contributed by atoms with E-state index in [1.54, 1.807) is 12.1 Å². The number of nitrogens with zero attached hydrogens (tertiary/aromatic N) is 1. The third-order valence-corrected chi connectivity index (χ3v) is 8.01. The fourth-order valence-corrected chi connectivity index (χ4v) is 5.36. The minimum atomic E-state index is -0.872. The average Bonchev–Trinajstić information content (AvgIpc) is 3.72. The highest BCUT2D eigenvalue weighted by Crippen LogP contribution is 2.40. The highest BCUT2D eigenvalue weighted by Gasteiger charge is 2.41. The Morgan fingerprint density at radius 1 is 1.02 bits per heavy atom. The minimum Gasteiger partial charge on any atom is -0.445 e. The number of methoxy groups -OCH3 is 1. The normalized spacial score (nSPS) is 20.1. The zero-order chi connectivity index (χ0) is 28.1. The van der Waals surface area contributed by atoms with Crippen LogP contribution in [0, 0.1) is 11.7 Å². The molecule has 210 valence electrons. The van der Waals surface area contributed by atoms with Crippen LogP contribution in [0.15, 0.2) is 78.9 Å². The molecule has 1 saturated heterocycles. The molecule has 5 rings (SSSR count). The molecule has 3 N–H and O–H groups in total. The van der Waals surface area contributed by atoms with Crippen molar-refractivity contribution in [2.75, 3.05) is 19.0 Å². The molecule has 1 heterocycles. The lowest BCUT2D eigenvalue weighted by Gasteiger charge is -2.32. The smallest absolute Gasteiger partial charge is 0.410 e. The Labute approximate surface area is 234 Å². The van der Waals surface area contributed by atoms with Crippen LogP contribution in [0.2, 0.25) is 0 Å². The van der Waals surface area contributed by atoms with E-state index < -0.39 is 29.4 Å². The van der Waals surface area contributed by atoms with Crippen molar-refractivity contribution in [2.45, 2.75) is 56.4 Å². The third kappa shape index (κ3) is 6.35. The lowest BCUT2D eigenvalue weighted by Crippen LogP contribution is -2.43. The molecule has 1 aliphatic carbocycles.